The van der Waals surface area contributed by atoms with Gasteiger partial charge in [0.1, 0.15) is 5.15 Å². The second kappa shape index (κ2) is 3.69. The van der Waals surface area contributed by atoms with E-state index in [2.05, 4.69) is 16.5 Å². The maximum atomic E-state index is 5.62. The second-order valence-electron chi connectivity index (χ2n) is 1.94. The van der Waals surface area contributed by atoms with E-state index in [1.165, 1.54) is 0 Å². The molecule has 0 aliphatic carbocycles. The highest BCUT2D eigenvalue weighted by molar-refractivity contribution is 6.31. The van der Waals surface area contributed by atoms with Crippen LogP contribution in [0.25, 0.3) is 0 Å². The van der Waals surface area contributed by atoms with E-state index in [0.717, 1.165) is 5.69 Å². The van der Waals surface area contributed by atoms with E-state index >= 15 is 0 Å². The van der Waals surface area contributed by atoms with Gasteiger partial charge in [-0.25, -0.2) is 9.97 Å². The Morgan fingerprint density at radius 1 is 1.45 bits per heavy atom. The lowest BCUT2D eigenvalue weighted by atomic mass is 10.3. The van der Waals surface area contributed by atoms with Crippen molar-refractivity contribution in [1.29, 1.82) is 0 Å². The Morgan fingerprint density at radius 3 is 2.73 bits per heavy atom. The van der Waals surface area contributed by atoms with Crippen LogP contribution in [0.15, 0.2) is 18.7 Å². The molecule has 0 aliphatic heterocycles. The van der Waals surface area contributed by atoms with Crippen molar-refractivity contribution < 1.29 is 0 Å². The molecule has 1 heterocycles. The average Bonchev–Trinajstić information content (AvgIpc) is 1.85. The monoisotopic (exact) mass is 188 g/mol. The molecular formula is C7H6Cl2N2. The molecule has 0 fully saturated rings. The molecule has 0 spiro atoms. The molecule has 0 saturated heterocycles. The first-order valence-electron chi connectivity index (χ1n) is 3.02. The number of rotatable bonds is 2. The van der Waals surface area contributed by atoms with E-state index < -0.39 is 0 Å². The summed E-state index contributed by atoms with van der Waals surface area (Å²) >= 11 is 11.2. The average molecular weight is 189 g/mol. The third kappa shape index (κ3) is 2.48. The van der Waals surface area contributed by atoms with Crippen molar-refractivity contribution in [3.8, 4) is 0 Å². The van der Waals surface area contributed by atoms with Gasteiger partial charge in [0, 0.05) is 6.42 Å². The van der Waals surface area contributed by atoms with Crippen LogP contribution in [0, 0.1) is 0 Å². The van der Waals surface area contributed by atoms with E-state index in [1.807, 2.05) is 0 Å². The maximum Gasteiger partial charge on any atom is 0.224 e. The topological polar surface area (TPSA) is 25.8 Å². The highest BCUT2D eigenvalue weighted by atomic mass is 35.5. The normalized spacial score (nSPS) is 9.64. The van der Waals surface area contributed by atoms with Gasteiger partial charge < -0.3 is 0 Å². The molecule has 0 atom stereocenters. The van der Waals surface area contributed by atoms with E-state index in [1.54, 1.807) is 12.1 Å². The van der Waals surface area contributed by atoms with Crippen LogP contribution in [-0.4, -0.2) is 9.97 Å². The highest BCUT2D eigenvalue weighted by Crippen LogP contribution is 2.10. The van der Waals surface area contributed by atoms with Gasteiger partial charge in [-0.1, -0.05) is 17.7 Å². The first-order chi connectivity index (χ1) is 5.22. The highest BCUT2D eigenvalue weighted by Gasteiger charge is 1.98. The Balaban J connectivity index is 2.98. The minimum atomic E-state index is 0.175. The van der Waals surface area contributed by atoms with E-state index in [-0.39, 0.29) is 5.28 Å². The van der Waals surface area contributed by atoms with Crippen LogP contribution in [0.2, 0.25) is 10.4 Å². The van der Waals surface area contributed by atoms with E-state index in [4.69, 9.17) is 23.2 Å². The number of hydrogen-bond acceptors (Lipinski definition) is 2. The van der Waals surface area contributed by atoms with Gasteiger partial charge in [0.25, 0.3) is 0 Å². The number of halogens is 2. The molecule has 1 aromatic rings. The molecule has 4 heteroatoms. The third-order valence-corrected chi connectivity index (χ3v) is 1.44. The summed E-state index contributed by atoms with van der Waals surface area (Å²) in [6.45, 7) is 3.57. The summed E-state index contributed by atoms with van der Waals surface area (Å²) in [7, 11) is 0. The summed E-state index contributed by atoms with van der Waals surface area (Å²) in [6.07, 6.45) is 2.39. The zero-order valence-electron chi connectivity index (χ0n) is 5.72. The molecule has 2 nitrogen and oxygen atoms in total. The zero-order chi connectivity index (χ0) is 8.27. The third-order valence-electron chi connectivity index (χ3n) is 1.07. The van der Waals surface area contributed by atoms with Gasteiger partial charge in [0.15, 0.2) is 0 Å². The molecule has 0 N–H and O–H groups in total. The summed E-state index contributed by atoms with van der Waals surface area (Å²) in [5.41, 5.74) is 0.782. The summed E-state index contributed by atoms with van der Waals surface area (Å²) in [4.78, 5) is 7.62. The van der Waals surface area contributed by atoms with E-state index in [9.17, 15) is 0 Å². The largest absolute Gasteiger partial charge is 0.224 e. The van der Waals surface area contributed by atoms with E-state index in [0.29, 0.717) is 11.6 Å². The lowest BCUT2D eigenvalue weighted by Crippen LogP contribution is -1.90. The predicted molar refractivity (Wildman–Crippen MR) is 46.0 cm³/mol. The standard InChI is InChI=1S/C7H6Cl2N2/c1-2-3-5-4-6(8)11-7(9)10-5/h2,4H,1,3H2. The fourth-order valence-electron chi connectivity index (χ4n) is 0.686. The van der Waals surface area contributed by atoms with Crippen molar-refractivity contribution in [1.82, 2.24) is 9.97 Å². The molecular weight excluding hydrogens is 183 g/mol. The predicted octanol–water partition coefficient (Wildman–Crippen LogP) is 2.51. The van der Waals surface area contributed by atoms with Crippen molar-refractivity contribution in [2.75, 3.05) is 0 Å². The molecule has 0 unspecified atom stereocenters. The van der Waals surface area contributed by atoms with Crippen LogP contribution in [0.3, 0.4) is 0 Å². The second-order valence-corrected chi connectivity index (χ2v) is 2.67. The quantitative estimate of drug-likeness (QED) is 0.405. The maximum absolute atomic E-state index is 5.62. The molecule has 0 radical (unpaired) electrons. The van der Waals surface area contributed by atoms with Gasteiger partial charge in [0.05, 0.1) is 5.69 Å². The first kappa shape index (κ1) is 8.50. The molecule has 0 amide bonds. The fraction of sp³-hybridized carbons (Fsp3) is 0.143. The fourth-order valence-corrected chi connectivity index (χ4v) is 1.13. The van der Waals surface area contributed by atoms with Crippen LogP contribution in [-0.2, 0) is 6.42 Å². The van der Waals surface area contributed by atoms with Crippen LogP contribution < -0.4 is 0 Å². The molecule has 0 bridgehead atoms. The molecule has 0 saturated carbocycles. The molecule has 0 aliphatic rings. The van der Waals surface area contributed by atoms with Crippen LogP contribution in [0.1, 0.15) is 5.69 Å². The van der Waals surface area contributed by atoms with Crippen molar-refractivity contribution in [2.45, 2.75) is 6.42 Å². The van der Waals surface area contributed by atoms with Gasteiger partial charge >= 0.3 is 0 Å². The molecule has 11 heavy (non-hydrogen) atoms. The minimum absolute atomic E-state index is 0.175. The first-order valence-corrected chi connectivity index (χ1v) is 3.78. The Labute approximate surface area is 74.9 Å². The summed E-state index contributed by atoms with van der Waals surface area (Å²) in [5.74, 6) is 0. The number of nitrogens with zero attached hydrogens (tertiary/aromatic N) is 2. The summed E-state index contributed by atoms with van der Waals surface area (Å²) in [5, 5.41) is 0.538. The van der Waals surface area contributed by atoms with Gasteiger partial charge in [-0.3, -0.25) is 0 Å². The molecule has 0 aromatic carbocycles. The van der Waals surface area contributed by atoms with Gasteiger partial charge in [0.2, 0.25) is 5.28 Å². The van der Waals surface area contributed by atoms with Crippen LogP contribution in [0.5, 0.6) is 0 Å². The van der Waals surface area contributed by atoms with Gasteiger partial charge in [-0.05, 0) is 17.7 Å². The molecule has 58 valence electrons. The van der Waals surface area contributed by atoms with Crippen molar-refractivity contribution in [3.05, 3.63) is 34.9 Å². The van der Waals surface area contributed by atoms with Gasteiger partial charge in [-0.2, -0.15) is 0 Å². The van der Waals surface area contributed by atoms with Gasteiger partial charge in [-0.15, -0.1) is 6.58 Å². The SMILES string of the molecule is C=CCc1cc(Cl)nc(Cl)n1. The van der Waals surface area contributed by atoms with Crippen LogP contribution >= 0.6 is 23.2 Å². The van der Waals surface area contributed by atoms with Crippen LogP contribution in [0.4, 0.5) is 0 Å². The van der Waals surface area contributed by atoms with Crippen molar-refractivity contribution in [3.63, 3.8) is 0 Å². The summed E-state index contributed by atoms with van der Waals surface area (Å²) in [6, 6.07) is 1.66. The number of allylic oxidation sites excluding steroid dienone is 1. The Morgan fingerprint density at radius 2 is 2.18 bits per heavy atom. The Kier molecular flexibility index (Phi) is 2.85. The minimum Gasteiger partial charge on any atom is -0.223 e. The Hall–Kier alpha value is -0.600. The Bertz CT molecular complexity index is 253. The smallest absolute Gasteiger partial charge is 0.223 e. The summed E-state index contributed by atoms with van der Waals surface area (Å²) < 4.78 is 0. The lowest BCUT2D eigenvalue weighted by molar-refractivity contribution is 1.05. The number of hydrogen-bond donors (Lipinski definition) is 0. The van der Waals surface area contributed by atoms with Crippen molar-refractivity contribution >= 4 is 23.2 Å². The molecule has 1 aromatic heterocycles. The lowest BCUT2D eigenvalue weighted by Gasteiger charge is -1.96. The number of aromatic nitrogens is 2. The van der Waals surface area contributed by atoms with Crippen molar-refractivity contribution in [2.24, 2.45) is 0 Å². The molecule has 1 rings (SSSR count). The zero-order valence-corrected chi connectivity index (χ0v) is 7.23.